The molecule has 2 unspecified atom stereocenters. The van der Waals surface area contributed by atoms with Crippen LogP contribution >= 0.6 is 0 Å². The van der Waals surface area contributed by atoms with Crippen molar-refractivity contribution in [2.45, 2.75) is 126 Å². The molecule has 0 amide bonds. The fraction of sp³-hybridized carbons (Fsp3) is 0.667. The molecule has 0 bridgehead atoms. The van der Waals surface area contributed by atoms with E-state index in [2.05, 4.69) is 0 Å². The number of unbranched alkanes of at least 4 members (excludes halogenated alkanes) is 3. The van der Waals surface area contributed by atoms with Crippen LogP contribution in [-0.2, 0) is 19.1 Å². The van der Waals surface area contributed by atoms with Crippen LogP contribution in [0.25, 0.3) is 0 Å². The van der Waals surface area contributed by atoms with Gasteiger partial charge >= 0.3 is 53.7 Å². The quantitative estimate of drug-likeness (QED) is 0.0452. The van der Waals surface area contributed by atoms with Gasteiger partial charge in [-0.05, 0) is 88.2 Å². The molecule has 2 aliphatic carbocycles. The number of rotatable bonds is 17. The minimum atomic E-state index is -7.22. The fourth-order valence-electron chi connectivity index (χ4n) is 8.34. The summed E-state index contributed by atoms with van der Waals surface area (Å²) in [6, 6.07) is 6.06. The highest BCUT2D eigenvalue weighted by atomic mass is 19.4. The van der Waals surface area contributed by atoms with Gasteiger partial charge in [-0.1, -0.05) is 0 Å². The van der Waals surface area contributed by atoms with Gasteiger partial charge in [-0.25, -0.2) is 9.59 Å². The molecule has 4 rings (SSSR count). The Morgan fingerprint density at radius 2 is 0.881 bits per heavy atom. The van der Waals surface area contributed by atoms with Crippen molar-refractivity contribution in [2.24, 2.45) is 11.8 Å². The summed E-state index contributed by atoms with van der Waals surface area (Å²) in [7, 11) is 0. The van der Waals surface area contributed by atoms with Gasteiger partial charge < -0.3 is 19.3 Å². The van der Waals surface area contributed by atoms with Crippen LogP contribution in [0.3, 0.4) is 0 Å². The highest BCUT2D eigenvalue weighted by molar-refractivity contribution is 5.95. The van der Waals surface area contributed by atoms with E-state index in [0.29, 0.717) is 25.7 Å². The van der Waals surface area contributed by atoms with Gasteiger partial charge in [-0.15, -0.1) is 0 Å². The van der Waals surface area contributed by atoms with E-state index in [-0.39, 0.29) is 64.5 Å². The number of halogens is 15. The predicted octanol–water partition coefficient (Wildman–Crippen LogP) is 10.2. The number of alkyl halides is 15. The first-order chi connectivity index (χ1) is 31.0. The van der Waals surface area contributed by atoms with E-state index in [9.17, 15) is 78.9 Å². The molecule has 368 valence electrons. The van der Waals surface area contributed by atoms with Crippen molar-refractivity contribution in [1.29, 1.82) is 21.0 Å². The average molecular weight is 979 g/mol. The Balaban J connectivity index is 1.45. The molecule has 67 heavy (non-hydrogen) atoms. The maximum absolute atomic E-state index is 15.3. The Morgan fingerprint density at radius 3 is 1.18 bits per heavy atom. The van der Waals surface area contributed by atoms with Crippen LogP contribution in [0.15, 0.2) is 44.8 Å². The van der Waals surface area contributed by atoms with Gasteiger partial charge in [0, 0.05) is 56.3 Å². The highest BCUT2D eigenvalue weighted by Crippen LogP contribution is 2.59. The minimum Gasteiger partial charge on any atom is -0.462 e. The molecule has 0 saturated carbocycles. The van der Waals surface area contributed by atoms with Crippen molar-refractivity contribution in [3.63, 3.8) is 0 Å². The third-order valence-electron chi connectivity index (χ3n) is 12.1. The molecule has 0 radical (unpaired) electrons. The molecular weight excluding hydrogens is 937 g/mol. The zero-order valence-electron chi connectivity index (χ0n) is 35.4. The van der Waals surface area contributed by atoms with Crippen molar-refractivity contribution in [2.75, 3.05) is 39.4 Å². The maximum Gasteiger partial charge on any atom is 0.460 e. The van der Waals surface area contributed by atoms with Crippen molar-refractivity contribution < 1.29 is 84.9 Å². The number of esters is 2. The van der Waals surface area contributed by atoms with E-state index >= 15 is 17.6 Å². The van der Waals surface area contributed by atoms with Crippen molar-refractivity contribution in [1.82, 2.24) is 9.80 Å². The summed E-state index contributed by atoms with van der Waals surface area (Å²) < 4.78 is 224. The molecule has 2 aliphatic heterocycles. The Kier molecular flexibility index (Phi) is 16.4. The van der Waals surface area contributed by atoms with Gasteiger partial charge in [0.1, 0.15) is 35.4 Å². The molecule has 0 aromatic rings. The second kappa shape index (κ2) is 20.3. The summed E-state index contributed by atoms with van der Waals surface area (Å²) in [5.74, 6) is -45.5. The minimum absolute atomic E-state index is 0.0110. The van der Waals surface area contributed by atoms with Crippen LogP contribution in [0.5, 0.6) is 0 Å². The largest absolute Gasteiger partial charge is 0.462 e. The smallest absolute Gasteiger partial charge is 0.460 e. The number of carbonyl (C=O) groups is 2. The number of carbonyl (C=O) groups excluding carboxylic acids is 2. The van der Waals surface area contributed by atoms with Gasteiger partial charge in [-0.3, -0.25) is 0 Å². The normalized spacial score (nSPS) is 21.9. The number of ether oxygens (including phenoxy) is 2. The van der Waals surface area contributed by atoms with Crippen LogP contribution in [-0.4, -0.2) is 103 Å². The SMILES string of the molecule is CC(F)(F)C(F)(F)C(F)(F)C1CC(N2CCCC2)=C(C#N)/C(=C(\C#N)C(=O)OCCCCCCOC(=O)/C(C#N)=C2\CC(C(F)(F)C(F)(F)C(F)(F)C(F)(F)F)CC(N3CCCC3)=C2C#N)C1. The van der Waals surface area contributed by atoms with Crippen LogP contribution in [0.1, 0.15) is 84.0 Å². The summed E-state index contributed by atoms with van der Waals surface area (Å²) in [5, 5.41) is 39.7. The molecule has 2 fully saturated rings. The van der Waals surface area contributed by atoms with Crippen molar-refractivity contribution in [3.8, 4) is 24.3 Å². The second-order valence-corrected chi connectivity index (χ2v) is 16.4. The molecule has 25 heteroatoms. The predicted molar refractivity (Wildman–Crippen MR) is 199 cm³/mol. The average Bonchev–Trinajstić information content (AvgIpc) is 4.00. The third-order valence-corrected chi connectivity index (χ3v) is 12.1. The molecule has 0 aromatic carbocycles. The van der Waals surface area contributed by atoms with Crippen molar-refractivity contribution >= 4 is 11.9 Å². The lowest BCUT2D eigenvalue weighted by molar-refractivity contribution is -0.403. The second-order valence-electron chi connectivity index (χ2n) is 16.4. The molecule has 2 saturated heterocycles. The number of nitriles is 4. The first-order valence-corrected chi connectivity index (χ1v) is 20.7. The Bertz CT molecular complexity index is 2210. The first kappa shape index (κ1) is 54.0. The van der Waals surface area contributed by atoms with E-state index in [1.807, 2.05) is 0 Å². The van der Waals surface area contributed by atoms with E-state index in [1.54, 1.807) is 12.1 Å². The lowest BCUT2D eigenvalue weighted by Crippen LogP contribution is -2.63. The van der Waals surface area contributed by atoms with Crippen LogP contribution in [0.4, 0.5) is 65.9 Å². The monoisotopic (exact) mass is 978 g/mol. The van der Waals surface area contributed by atoms with Crippen LogP contribution in [0.2, 0.25) is 0 Å². The Labute approximate surface area is 373 Å². The highest BCUT2D eigenvalue weighted by Gasteiger charge is 2.83. The van der Waals surface area contributed by atoms with Gasteiger partial charge in [0.15, 0.2) is 0 Å². The van der Waals surface area contributed by atoms with E-state index < -0.39 is 144 Å². The molecule has 0 spiro atoms. The van der Waals surface area contributed by atoms with Gasteiger partial charge in [0.25, 0.3) is 0 Å². The molecule has 2 heterocycles. The molecular formula is C42H41F15N6O4. The first-order valence-electron chi connectivity index (χ1n) is 20.7. The number of likely N-dealkylation sites (tertiary alicyclic amines) is 2. The summed E-state index contributed by atoms with van der Waals surface area (Å²) in [6.45, 7) is -0.984. The van der Waals surface area contributed by atoms with Gasteiger partial charge in [0.05, 0.1) is 24.4 Å². The lowest BCUT2D eigenvalue weighted by Gasteiger charge is -2.41. The topological polar surface area (TPSA) is 154 Å². The third kappa shape index (κ3) is 10.5. The van der Waals surface area contributed by atoms with E-state index in [0.717, 1.165) is 0 Å². The Morgan fingerprint density at radius 1 is 0.537 bits per heavy atom. The standard InChI is InChI=1S/C42H41F15N6O4/c1-36(43,44)39(49,50)37(45,46)24-16-26(28(20-58)32(18-24)62-10-4-5-11-62)30(22-60)34(64)66-14-8-2-3-9-15-67-35(65)31(23-61)27-17-25(19-33(29(27)21-59)63-12-6-7-13-63)38(47,48)40(51,52)41(53,54)42(55,56)57/h24-25H,2-19H2,1H3/b30-26+,31-27+. The van der Waals surface area contributed by atoms with E-state index in [4.69, 9.17) is 9.47 Å². The molecule has 2 atom stereocenters. The van der Waals surface area contributed by atoms with E-state index in [1.165, 1.54) is 21.9 Å². The molecule has 0 aromatic heterocycles. The fourth-order valence-corrected chi connectivity index (χ4v) is 8.34. The summed E-state index contributed by atoms with van der Waals surface area (Å²) >= 11 is 0. The zero-order chi connectivity index (χ0) is 50.6. The lowest BCUT2D eigenvalue weighted by atomic mass is 9.75. The van der Waals surface area contributed by atoms with Crippen molar-refractivity contribution in [3.05, 3.63) is 44.8 Å². The molecule has 4 aliphatic rings. The maximum atomic E-state index is 15.3. The number of allylic oxidation sites excluding steroid dienone is 6. The van der Waals surface area contributed by atoms with Gasteiger partial charge in [-0.2, -0.15) is 86.9 Å². The number of nitrogens with zero attached hydrogens (tertiary/aromatic N) is 6. The number of hydrogen-bond donors (Lipinski definition) is 0. The molecule has 0 N–H and O–H groups in total. The molecule has 10 nitrogen and oxygen atoms in total. The summed E-state index contributed by atoms with van der Waals surface area (Å²) in [4.78, 5) is 28.8. The summed E-state index contributed by atoms with van der Waals surface area (Å²) in [5.41, 5.74) is -5.59. The zero-order valence-corrected chi connectivity index (χ0v) is 35.4. The summed E-state index contributed by atoms with van der Waals surface area (Å²) in [6.07, 6.45) is -10.2. The number of hydrogen-bond acceptors (Lipinski definition) is 10. The van der Waals surface area contributed by atoms with Gasteiger partial charge in [0.2, 0.25) is 0 Å². The van der Waals surface area contributed by atoms with Crippen LogP contribution in [0, 0.1) is 57.2 Å². The Hall–Kier alpha value is -5.59. The van der Waals surface area contributed by atoms with Crippen LogP contribution < -0.4 is 0 Å².